The first-order valence-corrected chi connectivity index (χ1v) is 8.69. The minimum Gasteiger partial charge on any atom is -0.493 e. The van der Waals surface area contributed by atoms with E-state index in [-0.39, 0.29) is 10.6 Å². The molecule has 1 N–H and O–H groups in total. The number of amides is 1. The van der Waals surface area contributed by atoms with Crippen LogP contribution in [0.25, 0.3) is 0 Å². The molecule has 2 heterocycles. The van der Waals surface area contributed by atoms with Gasteiger partial charge in [0.2, 0.25) is 5.88 Å². The van der Waals surface area contributed by atoms with Crippen molar-refractivity contribution in [3.05, 3.63) is 52.4 Å². The van der Waals surface area contributed by atoms with Gasteiger partial charge in [0.15, 0.2) is 6.61 Å². The number of hydrogen-bond donors (Lipinski definition) is 1. The van der Waals surface area contributed by atoms with Gasteiger partial charge in [-0.05, 0) is 37.1 Å². The number of halogens is 5. The van der Waals surface area contributed by atoms with E-state index in [0.29, 0.717) is 30.8 Å². The van der Waals surface area contributed by atoms with Crippen LogP contribution in [0.5, 0.6) is 11.6 Å². The maximum absolute atomic E-state index is 13.6. The van der Waals surface area contributed by atoms with E-state index in [2.05, 4.69) is 15.0 Å². The highest BCUT2D eigenvalue weighted by atomic mass is 35.5. The lowest BCUT2D eigenvalue weighted by Crippen LogP contribution is -2.28. The second-order valence-electron chi connectivity index (χ2n) is 6.11. The Hall–Kier alpha value is -2.55. The molecule has 28 heavy (non-hydrogen) atoms. The zero-order chi connectivity index (χ0) is 20.3. The van der Waals surface area contributed by atoms with Gasteiger partial charge in [0.25, 0.3) is 5.91 Å². The number of carbonyl (C=O) groups is 1. The maximum Gasteiger partial charge on any atom is 0.422 e. The number of nitrogens with one attached hydrogen (secondary N) is 1. The summed E-state index contributed by atoms with van der Waals surface area (Å²) in [5.41, 5.74) is 0.544. The lowest BCUT2D eigenvalue weighted by Gasteiger charge is -2.18. The van der Waals surface area contributed by atoms with Gasteiger partial charge in [-0.25, -0.2) is 9.37 Å². The number of alkyl halides is 3. The van der Waals surface area contributed by atoms with Crippen LogP contribution >= 0.6 is 11.6 Å². The van der Waals surface area contributed by atoms with Crippen molar-refractivity contribution in [3.63, 3.8) is 0 Å². The molecule has 1 aliphatic rings. The molecule has 1 aromatic heterocycles. The molecule has 10 heteroatoms. The number of nitrogens with zero attached hydrogens (tertiary/aromatic N) is 1. The summed E-state index contributed by atoms with van der Waals surface area (Å²) in [6.07, 6.45) is -2.31. The predicted molar refractivity (Wildman–Crippen MR) is 92.1 cm³/mol. The minimum atomic E-state index is -4.54. The zero-order valence-electron chi connectivity index (χ0n) is 14.4. The van der Waals surface area contributed by atoms with Crippen molar-refractivity contribution in [2.45, 2.75) is 25.1 Å². The molecule has 0 fully saturated rings. The highest BCUT2D eigenvalue weighted by molar-refractivity contribution is 6.32. The summed E-state index contributed by atoms with van der Waals surface area (Å²) < 4.78 is 60.4. The molecular weight excluding hydrogens is 404 g/mol. The Morgan fingerprint density at radius 2 is 2.14 bits per heavy atom. The van der Waals surface area contributed by atoms with Gasteiger partial charge >= 0.3 is 6.18 Å². The second-order valence-corrected chi connectivity index (χ2v) is 6.52. The molecule has 0 saturated heterocycles. The van der Waals surface area contributed by atoms with Gasteiger partial charge in [0, 0.05) is 11.8 Å². The van der Waals surface area contributed by atoms with E-state index in [1.165, 1.54) is 18.2 Å². The molecule has 0 aliphatic carbocycles. The van der Waals surface area contributed by atoms with E-state index in [9.17, 15) is 22.4 Å². The summed E-state index contributed by atoms with van der Waals surface area (Å²) in [4.78, 5) is 16.2. The summed E-state index contributed by atoms with van der Waals surface area (Å²) in [6.45, 7) is -1.11. The topological polar surface area (TPSA) is 60.5 Å². The third-order valence-corrected chi connectivity index (χ3v) is 4.26. The van der Waals surface area contributed by atoms with E-state index in [0.717, 1.165) is 12.3 Å². The Bertz CT molecular complexity index is 876. The fourth-order valence-electron chi connectivity index (χ4n) is 2.75. The number of carbonyl (C=O) groups excluding carboxylic acids is 1. The smallest absolute Gasteiger partial charge is 0.422 e. The highest BCUT2D eigenvalue weighted by Crippen LogP contribution is 2.32. The van der Waals surface area contributed by atoms with Gasteiger partial charge in [-0.1, -0.05) is 11.6 Å². The zero-order valence-corrected chi connectivity index (χ0v) is 15.1. The van der Waals surface area contributed by atoms with E-state index in [1.807, 2.05) is 0 Å². The van der Waals surface area contributed by atoms with Gasteiger partial charge in [0.1, 0.15) is 16.6 Å². The molecule has 5 nitrogen and oxygen atoms in total. The summed E-state index contributed by atoms with van der Waals surface area (Å²) in [5.74, 6) is -0.958. The van der Waals surface area contributed by atoms with Crippen LogP contribution in [0.4, 0.5) is 17.6 Å². The SMILES string of the molecule is O=C(N[C@H]1CCCOc2ccc(F)cc21)c1cnc(OCC(F)(F)F)c(Cl)c1. The normalized spacial score (nSPS) is 16.5. The van der Waals surface area contributed by atoms with Gasteiger partial charge < -0.3 is 14.8 Å². The number of pyridine rings is 1. The van der Waals surface area contributed by atoms with Crippen molar-refractivity contribution < 1.29 is 31.8 Å². The molecule has 0 radical (unpaired) electrons. The summed E-state index contributed by atoms with van der Waals surface area (Å²) in [7, 11) is 0. The van der Waals surface area contributed by atoms with Gasteiger partial charge in [-0.3, -0.25) is 4.79 Å². The molecule has 2 aromatic rings. The number of aromatic nitrogens is 1. The molecule has 1 amide bonds. The van der Waals surface area contributed by atoms with Gasteiger partial charge in [-0.2, -0.15) is 13.2 Å². The van der Waals surface area contributed by atoms with Crippen LogP contribution in [-0.4, -0.2) is 30.3 Å². The Labute approximate surface area is 162 Å². The fourth-order valence-corrected chi connectivity index (χ4v) is 2.97. The molecule has 0 spiro atoms. The number of ether oxygens (including phenoxy) is 2. The van der Waals surface area contributed by atoms with E-state index in [1.54, 1.807) is 0 Å². The Morgan fingerprint density at radius 3 is 2.86 bits per heavy atom. The van der Waals surface area contributed by atoms with Crippen LogP contribution in [0.1, 0.15) is 34.8 Å². The van der Waals surface area contributed by atoms with Crippen LogP contribution in [0.15, 0.2) is 30.5 Å². The predicted octanol–water partition coefficient (Wildman–Crippen LogP) is 4.46. The quantitative estimate of drug-likeness (QED) is 0.745. The standard InChI is InChI=1S/C18H15ClF4N2O3/c19-13-6-10(8-24-17(13)28-9-18(21,22)23)16(26)25-14-2-1-5-27-15-4-3-11(20)7-12(14)15/h3-4,6-8,14H,1-2,5,9H2,(H,25,26)/t14-/m0/s1. The fraction of sp³-hybridized carbons (Fsp3) is 0.333. The molecule has 0 saturated carbocycles. The van der Waals surface area contributed by atoms with E-state index >= 15 is 0 Å². The molecular formula is C18H15ClF4N2O3. The first-order valence-electron chi connectivity index (χ1n) is 8.31. The Balaban J connectivity index is 1.75. The molecule has 0 unspecified atom stereocenters. The summed E-state index contributed by atoms with van der Waals surface area (Å²) in [6, 6.07) is 4.73. The van der Waals surface area contributed by atoms with E-state index in [4.69, 9.17) is 16.3 Å². The second kappa shape index (κ2) is 8.22. The molecule has 3 rings (SSSR count). The third kappa shape index (κ3) is 5.03. The molecule has 1 atom stereocenters. The summed E-state index contributed by atoms with van der Waals surface area (Å²) >= 11 is 5.87. The molecule has 1 aromatic carbocycles. The maximum atomic E-state index is 13.6. The lowest BCUT2D eigenvalue weighted by atomic mass is 10.0. The average Bonchev–Trinajstić information content (AvgIpc) is 2.82. The number of hydrogen-bond acceptors (Lipinski definition) is 4. The molecule has 0 bridgehead atoms. The first kappa shape index (κ1) is 20.2. The average molecular weight is 419 g/mol. The Kier molecular flexibility index (Phi) is 5.93. The highest BCUT2D eigenvalue weighted by Gasteiger charge is 2.29. The van der Waals surface area contributed by atoms with Gasteiger partial charge in [-0.15, -0.1) is 0 Å². The largest absolute Gasteiger partial charge is 0.493 e. The van der Waals surface area contributed by atoms with Crippen molar-refractivity contribution in [1.82, 2.24) is 10.3 Å². The van der Waals surface area contributed by atoms with Crippen LogP contribution < -0.4 is 14.8 Å². The van der Waals surface area contributed by atoms with Crippen LogP contribution in [0.2, 0.25) is 5.02 Å². The van der Waals surface area contributed by atoms with Crippen molar-refractivity contribution in [1.29, 1.82) is 0 Å². The molecule has 1 aliphatic heterocycles. The minimum absolute atomic E-state index is 0.0347. The monoisotopic (exact) mass is 418 g/mol. The van der Waals surface area contributed by atoms with Crippen molar-refractivity contribution >= 4 is 17.5 Å². The number of benzene rings is 1. The van der Waals surface area contributed by atoms with E-state index < -0.39 is 36.4 Å². The lowest BCUT2D eigenvalue weighted by molar-refractivity contribution is -0.154. The van der Waals surface area contributed by atoms with Crippen LogP contribution in [0.3, 0.4) is 0 Å². The van der Waals surface area contributed by atoms with Crippen molar-refractivity contribution in [3.8, 4) is 11.6 Å². The van der Waals surface area contributed by atoms with Crippen LogP contribution in [-0.2, 0) is 0 Å². The van der Waals surface area contributed by atoms with Crippen LogP contribution in [0, 0.1) is 5.82 Å². The summed E-state index contributed by atoms with van der Waals surface area (Å²) in [5, 5.41) is 2.53. The number of fused-ring (bicyclic) bond motifs is 1. The van der Waals surface area contributed by atoms with Gasteiger partial charge in [0.05, 0.1) is 18.2 Å². The Morgan fingerprint density at radius 1 is 1.36 bits per heavy atom. The first-order chi connectivity index (χ1) is 13.2. The van der Waals surface area contributed by atoms with Crippen molar-refractivity contribution in [2.24, 2.45) is 0 Å². The third-order valence-electron chi connectivity index (χ3n) is 3.99. The molecule has 150 valence electrons. The van der Waals surface area contributed by atoms with Crippen molar-refractivity contribution in [2.75, 3.05) is 13.2 Å². The number of rotatable bonds is 4.